The van der Waals surface area contributed by atoms with Gasteiger partial charge >= 0.3 is 5.97 Å². The highest BCUT2D eigenvalue weighted by Crippen LogP contribution is 2.24. The van der Waals surface area contributed by atoms with Crippen molar-refractivity contribution in [3.63, 3.8) is 0 Å². The van der Waals surface area contributed by atoms with Crippen LogP contribution >= 0.6 is 0 Å². The minimum Gasteiger partial charge on any atom is -0.449 e. The van der Waals surface area contributed by atoms with Gasteiger partial charge in [0, 0.05) is 19.1 Å². The summed E-state index contributed by atoms with van der Waals surface area (Å²) < 4.78 is 37.4. The van der Waals surface area contributed by atoms with Crippen molar-refractivity contribution >= 4 is 21.9 Å². The summed E-state index contributed by atoms with van der Waals surface area (Å²) in [4.78, 5) is 25.0. The molecule has 166 valence electrons. The number of nitrogens with zero attached hydrogens (tertiary/aromatic N) is 1. The number of carbonyl (C=O) groups is 2. The van der Waals surface area contributed by atoms with Gasteiger partial charge in [-0.15, -0.1) is 0 Å². The molecule has 3 atom stereocenters. The van der Waals surface area contributed by atoms with E-state index in [0.717, 1.165) is 19.3 Å². The molecule has 2 aliphatic rings. The fourth-order valence-electron chi connectivity index (χ4n) is 3.83. The molecule has 1 aromatic rings. The summed E-state index contributed by atoms with van der Waals surface area (Å²) in [5, 5.41) is 2.97. The largest absolute Gasteiger partial charge is 0.449 e. The molecule has 1 aromatic carbocycles. The maximum absolute atomic E-state index is 12.8. The normalized spacial score (nSPS) is 24.1. The molecule has 9 heteroatoms. The van der Waals surface area contributed by atoms with Gasteiger partial charge in [-0.05, 0) is 43.9 Å². The van der Waals surface area contributed by atoms with Crippen molar-refractivity contribution in [2.45, 2.75) is 56.6 Å². The Bertz CT molecular complexity index is 866. The smallest absolute Gasteiger partial charge is 0.338 e. The zero-order chi connectivity index (χ0) is 21.7. The van der Waals surface area contributed by atoms with Crippen LogP contribution in [-0.4, -0.2) is 63.0 Å². The van der Waals surface area contributed by atoms with E-state index in [1.165, 1.54) is 41.9 Å². The lowest BCUT2D eigenvalue weighted by Crippen LogP contribution is -2.46. The molecule has 1 N–H and O–H groups in total. The fraction of sp³-hybridized carbons (Fsp3) is 0.619. The number of nitrogens with one attached hydrogen (secondary N) is 1. The molecular weight excluding hydrogens is 408 g/mol. The van der Waals surface area contributed by atoms with E-state index in [-0.39, 0.29) is 35.5 Å². The van der Waals surface area contributed by atoms with E-state index in [0.29, 0.717) is 19.1 Å². The molecule has 1 heterocycles. The summed E-state index contributed by atoms with van der Waals surface area (Å²) in [6.07, 6.45) is 3.28. The van der Waals surface area contributed by atoms with E-state index >= 15 is 0 Å². The molecule has 0 spiro atoms. The maximum Gasteiger partial charge on any atom is 0.338 e. The van der Waals surface area contributed by atoms with E-state index in [2.05, 4.69) is 12.2 Å². The molecule has 1 saturated heterocycles. The number of carbonyl (C=O) groups excluding carboxylic acids is 2. The van der Waals surface area contributed by atoms with Crippen molar-refractivity contribution in [3.05, 3.63) is 29.8 Å². The molecule has 0 unspecified atom stereocenters. The summed E-state index contributed by atoms with van der Waals surface area (Å²) in [6.45, 7) is 4.86. The third-order valence-corrected chi connectivity index (χ3v) is 7.66. The van der Waals surface area contributed by atoms with Gasteiger partial charge in [0.25, 0.3) is 5.91 Å². The lowest BCUT2D eigenvalue weighted by molar-refractivity contribution is -0.130. The summed E-state index contributed by atoms with van der Waals surface area (Å²) in [5.41, 5.74) is 0.0926. The van der Waals surface area contributed by atoms with Crippen LogP contribution in [0.4, 0.5) is 0 Å². The van der Waals surface area contributed by atoms with Crippen LogP contribution in [-0.2, 0) is 24.3 Å². The molecule has 2 fully saturated rings. The first-order chi connectivity index (χ1) is 14.3. The molecule has 30 heavy (non-hydrogen) atoms. The highest BCUT2D eigenvalue weighted by Gasteiger charge is 2.29. The van der Waals surface area contributed by atoms with Gasteiger partial charge in [-0.1, -0.05) is 25.8 Å². The van der Waals surface area contributed by atoms with Crippen molar-refractivity contribution in [1.29, 1.82) is 0 Å². The number of esters is 1. The minimum atomic E-state index is -3.72. The maximum atomic E-state index is 12.8. The van der Waals surface area contributed by atoms with Crippen molar-refractivity contribution in [3.8, 4) is 0 Å². The van der Waals surface area contributed by atoms with E-state index in [1.807, 2.05) is 0 Å². The summed E-state index contributed by atoms with van der Waals surface area (Å²) in [7, 11) is -3.72. The van der Waals surface area contributed by atoms with Gasteiger partial charge in [-0.25, -0.2) is 13.2 Å². The van der Waals surface area contributed by atoms with Gasteiger partial charge in [-0.2, -0.15) is 4.31 Å². The number of ether oxygens (including phenoxy) is 2. The molecule has 1 saturated carbocycles. The first kappa shape index (κ1) is 22.7. The van der Waals surface area contributed by atoms with Gasteiger partial charge in [0.05, 0.1) is 23.7 Å². The van der Waals surface area contributed by atoms with Crippen LogP contribution in [0, 0.1) is 5.92 Å². The molecule has 1 aliphatic carbocycles. The Morgan fingerprint density at radius 3 is 2.60 bits per heavy atom. The van der Waals surface area contributed by atoms with E-state index in [9.17, 15) is 18.0 Å². The van der Waals surface area contributed by atoms with Crippen molar-refractivity contribution < 1.29 is 27.5 Å². The van der Waals surface area contributed by atoms with E-state index < -0.39 is 22.1 Å². The predicted octanol–water partition coefficient (Wildman–Crippen LogP) is 1.95. The highest BCUT2D eigenvalue weighted by atomic mass is 32.2. The number of sulfonamides is 1. The molecule has 1 amide bonds. The number of rotatable bonds is 6. The third-order valence-electron chi connectivity index (χ3n) is 5.77. The lowest BCUT2D eigenvalue weighted by atomic mass is 9.86. The average Bonchev–Trinajstić information content (AvgIpc) is 2.76. The van der Waals surface area contributed by atoms with Crippen LogP contribution in [0.2, 0.25) is 0 Å². The Hall–Kier alpha value is -1.97. The molecule has 0 radical (unpaired) electrons. The van der Waals surface area contributed by atoms with Crippen LogP contribution in [0.25, 0.3) is 0 Å². The predicted molar refractivity (Wildman–Crippen MR) is 110 cm³/mol. The van der Waals surface area contributed by atoms with Crippen LogP contribution in [0.1, 0.15) is 49.9 Å². The van der Waals surface area contributed by atoms with Crippen molar-refractivity contribution in [2.75, 3.05) is 26.3 Å². The summed E-state index contributed by atoms with van der Waals surface area (Å²) >= 11 is 0. The monoisotopic (exact) mass is 438 g/mol. The van der Waals surface area contributed by atoms with Gasteiger partial charge < -0.3 is 14.8 Å². The third kappa shape index (κ3) is 5.39. The second kappa shape index (κ2) is 9.89. The van der Waals surface area contributed by atoms with Gasteiger partial charge in [0.2, 0.25) is 10.0 Å². The molecular formula is C21H30N2O6S. The summed E-state index contributed by atoms with van der Waals surface area (Å²) in [6, 6.07) is 5.81. The lowest BCUT2D eigenvalue weighted by Gasteiger charge is -2.30. The quantitative estimate of drug-likeness (QED) is 0.681. The Morgan fingerprint density at radius 2 is 1.90 bits per heavy atom. The summed E-state index contributed by atoms with van der Waals surface area (Å²) in [5.74, 6) is -0.666. The van der Waals surface area contributed by atoms with Gasteiger partial charge in [0.15, 0.2) is 6.10 Å². The van der Waals surface area contributed by atoms with E-state index in [1.54, 1.807) is 0 Å². The standard InChI is InChI=1S/C21H30N2O6S/c1-15-6-3-4-9-19(15)22-20(24)16(2)29-21(25)17-7-5-8-18(14-17)30(26,27)23-10-12-28-13-11-23/h5,7-8,14-16,19H,3-4,6,9-13H2,1-2H3,(H,22,24)/t15-,16-,19+/m1/s1. The van der Waals surface area contributed by atoms with Crippen LogP contribution in [0.3, 0.4) is 0 Å². The van der Waals surface area contributed by atoms with Gasteiger partial charge in [-0.3, -0.25) is 4.79 Å². The molecule has 0 aromatic heterocycles. The van der Waals surface area contributed by atoms with Crippen molar-refractivity contribution in [2.24, 2.45) is 5.92 Å². The second-order valence-corrected chi connectivity index (χ2v) is 9.91. The Balaban J connectivity index is 1.63. The second-order valence-electron chi connectivity index (χ2n) is 7.97. The Labute approximate surface area is 178 Å². The highest BCUT2D eigenvalue weighted by molar-refractivity contribution is 7.89. The van der Waals surface area contributed by atoms with Crippen molar-refractivity contribution in [1.82, 2.24) is 9.62 Å². The number of amides is 1. The Morgan fingerprint density at radius 1 is 1.20 bits per heavy atom. The number of morpholine rings is 1. The molecule has 3 rings (SSSR count). The van der Waals surface area contributed by atoms with E-state index in [4.69, 9.17) is 9.47 Å². The average molecular weight is 439 g/mol. The molecule has 1 aliphatic heterocycles. The molecule has 8 nitrogen and oxygen atoms in total. The van der Waals surface area contributed by atoms with Crippen LogP contribution in [0.15, 0.2) is 29.2 Å². The SMILES string of the molecule is C[C@@H]1CCCC[C@@H]1NC(=O)[C@@H](C)OC(=O)c1cccc(S(=O)(=O)N2CCOCC2)c1. The first-order valence-corrected chi connectivity index (χ1v) is 11.9. The fourth-order valence-corrected chi connectivity index (χ4v) is 5.29. The first-order valence-electron chi connectivity index (χ1n) is 10.5. The van der Waals surface area contributed by atoms with Crippen LogP contribution in [0.5, 0.6) is 0 Å². The molecule has 0 bridgehead atoms. The van der Waals surface area contributed by atoms with Crippen LogP contribution < -0.4 is 5.32 Å². The minimum absolute atomic E-state index is 0.0204. The topological polar surface area (TPSA) is 102 Å². The zero-order valence-electron chi connectivity index (χ0n) is 17.5. The zero-order valence-corrected chi connectivity index (χ0v) is 18.3. The number of hydrogen-bond acceptors (Lipinski definition) is 6. The van der Waals surface area contributed by atoms with Gasteiger partial charge in [0.1, 0.15) is 0 Å². The Kier molecular flexibility index (Phi) is 7.49. The number of benzene rings is 1. The number of hydrogen-bond donors (Lipinski definition) is 1.